The third-order valence-corrected chi connectivity index (χ3v) is 6.01. The molecular formula is C19H22BrN5O2S. The summed E-state index contributed by atoms with van der Waals surface area (Å²) in [4.78, 5) is 14.4. The van der Waals surface area contributed by atoms with Crippen molar-refractivity contribution in [1.82, 2.24) is 19.8 Å². The van der Waals surface area contributed by atoms with Crippen LogP contribution >= 0.6 is 27.7 Å². The number of halogens is 1. The second kappa shape index (κ2) is 7.51. The summed E-state index contributed by atoms with van der Waals surface area (Å²) < 4.78 is 8.40. The van der Waals surface area contributed by atoms with Crippen LogP contribution in [-0.4, -0.2) is 49.5 Å². The zero-order valence-electron chi connectivity index (χ0n) is 16.1. The van der Waals surface area contributed by atoms with Crippen LogP contribution in [0.4, 0.5) is 4.79 Å². The van der Waals surface area contributed by atoms with Crippen molar-refractivity contribution in [1.29, 1.82) is 0 Å². The Morgan fingerprint density at radius 1 is 1.25 bits per heavy atom. The summed E-state index contributed by atoms with van der Waals surface area (Å²) in [5, 5.41) is 14.2. The number of thioether (sulfide) groups is 1. The molecule has 148 valence electrons. The summed E-state index contributed by atoms with van der Waals surface area (Å²) in [6, 6.07) is 7.92. The van der Waals surface area contributed by atoms with Gasteiger partial charge in [0.25, 0.3) is 0 Å². The van der Waals surface area contributed by atoms with Crippen molar-refractivity contribution in [2.45, 2.75) is 50.4 Å². The normalized spacial score (nSPS) is 19.4. The summed E-state index contributed by atoms with van der Waals surface area (Å²) in [6.07, 6.45) is 1.42. The number of aromatic nitrogens is 3. The van der Waals surface area contributed by atoms with Crippen LogP contribution in [0, 0.1) is 0 Å². The van der Waals surface area contributed by atoms with Crippen molar-refractivity contribution in [2.75, 3.05) is 12.3 Å². The highest BCUT2D eigenvalue weighted by molar-refractivity contribution is 9.10. The summed E-state index contributed by atoms with van der Waals surface area (Å²) >= 11 is 5.07. The molecule has 9 heteroatoms. The number of nitrogens with zero attached hydrogens (tertiary/aromatic N) is 5. The maximum Gasteiger partial charge on any atom is 0.410 e. The van der Waals surface area contributed by atoms with Crippen LogP contribution in [-0.2, 0) is 4.74 Å². The van der Waals surface area contributed by atoms with Crippen LogP contribution < -0.4 is 0 Å². The van der Waals surface area contributed by atoms with Gasteiger partial charge in [-0.2, -0.15) is 9.78 Å². The third kappa shape index (κ3) is 3.96. The third-order valence-electron chi connectivity index (χ3n) is 4.55. The topological polar surface area (TPSA) is 72.6 Å². The highest BCUT2D eigenvalue weighted by Crippen LogP contribution is 2.35. The summed E-state index contributed by atoms with van der Waals surface area (Å²) in [5.74, 6) is 1.43. The van der Waals surface area contributed by atoms with Crippen LogP contribution in [0.5, 0.6) is 0 Å². The van der Waals surface area contributed by atoms with E-state index in [0.717, 1.165) is 39.5 Å². The van der Waals surface area contributed by atoms with E-state index in [9.17, 15) is 4.79 Å². The van der Waals surface area contributed by atoms with Crippen molar-refractivity contribution < 1.29 is 9.53 Å². The van der Waals surface area contributed by atoms with Crippen LogP contribution in [0.15, 0.2) is 39.0 Å². The summed E-state index contributed by atoms with van der Waals surface area (Å²) in [7, 11) is 0. The maximum atomic E-state index is 12.7. The van der Waals surface area contributed by atoms with E-state index in [2.05, 4.69) is 26.1 Å². The average Bonchev–Trinajstić information content (AvgIpc) is 3.27. The van der Waals surface area contributed by atoms with E-state index in [1.54, 1.807) is 21.3 Å². The molecule has 3 heterocycles. The molecule has 1 aromatic heterocycles. The molecule has 1 aromatic carbocycles. The SMILES string of the molecule is CC(C)(C)OC(=O)N1CCCC1c1nnc2n1N=C(c1ccc(Br)cc1)CS2. The van der Waals surface area contributed by atoms with Gasteiger partial charge in [-0.3, -0.25) is 4.90 Å². The van der Waals surface area contributed by atoms with E-state index in [1.807, 2.05) is 45.0 Å². The number of amides is 1. The minimum absolute atomic E-state index is 0.176. The largest absolute Gasteiger partial charge is 0.444 e. The molecule has 1 unspecified atom stereocenters. The standard InChI is InChI=1S/C19H22BrN5O2S/c1-19(2,3)27-18(26)24-10-4-5-15(24)16-21-22-17-25(16)23-14(11-28-17)12-6-8-13(20)9-7-12/h6-9,15H,4-5,10-11H2,1-3H3. The molecule has 0 aliphatic carbocycles. The molecule has 7 nitrogen and oxygen atoms in total. The van der Waals surface area contributed by atoms with Crippen molar-refractivity contribution in [2.24, 2.45) is 5.10 Å². The van der Waals surface area contributed by atoms with Crippen molar-refractivity contribution >= 4 is 39.5 Å². The predicted octanol–water partition coefficient (Wildman–Crippen LogP) is 4.47. The molecule has 2 aliphatic heterocycles. The number of benzene rings is 1. The average molecular weight is 464 g/mol. The van der Waals surface area contributed by atoms with Gasteiger partial charge in [-0.1, -0.05) is 39.8 Å². The van der Waals surface area contributed by atoms with Gasteiger partial charge in [-0.05, 0) is 51.3 Å². The Labute approximate surface area is 176 Å². The molecule has 0 spiro atoms. The number of likely N-dealkylation sites (tertiary alicyclic amines) is 1. The Morgan fingerprint density at radius 3 is 2.71 bits per heavy atom. The van der Waals surface area contributed by atoms with Crippen LogP contribution in [0.25, 0.3) is 0 Å². The molecular weight excluding hydrogens is 442 g/mol. The fourth-order valence-corrected chi connectivity index (χ4v) is 4.42. The summed E-state index contributed by atoms with van der Waals surface area (Å²) in [5.41, 5.74) is 1.50. The van der Waals surface area contributed by atoms with Gasteiger partial charge >= 0.3 is 6.09 Å². The van der Waals surface area contributed by atoms with E-state index >= 15 is 0 Å². The first kappa shape index (κ1) is 19.4. The highest BCUT2D eigenvalue weighted by Gasteiger charge is 2.37. The van der Waals surface area contributed by atoms with Gasteiger partial charge in [0.15, 0.2) is 5.82 Å². The number of carbonyl (C=O) groups excluding carboxylic acids is 1. The van der Waals surface area contributed by atoms with Gasteiger partial charge in [0, 0.05) is 16.8 Å². The predicted molar refractivity (Wildman–Crippen MR) is 112 cm³/mol. The molecule has 1 atom stereocenters. The first-order valence-corrected chi connectivity index (χ1v) is 11.0. The van der Waals surface area contributed by atoms with Gasteiger partial charge in [0.05, 0.1) is 11.8 Å². The second-order valence-electron chi connectivity index (χ2n) is 7.83. The van der Waals surface area contributed by atoms with Crippen molar-refractivity contribution in [3.63, 3.8) is 0 Å². The lowest BCUT2D eigenvalue weighted by Gasteiger charge is -2.28. The Balaban J connectivity index is 1.64. The highest BCUT2D eigenvalue weighted by atomic mass is 79.9. The van der Waals surface area contributed by atoms with Crippen molar-refractivity contribution in [3.05, 3.63) is 40.1 Å². The lowest BCUT2D eigenvalue weighted by molar-refractivity contribution is 0.0215. The van der Waals surface area contributed by atoms with Gasteiger partial charge in [-0.15, -0.1) is 10.2 Å². The van der Waals surface area contributed by atoms with Crippen LogP contribution in [0.1, 0.15) is 51.0 Å². The monoisotopic (exact) mass is 463 g/mol. The molecule has 2 aromatic rings. The van der Waals surface area contributed by atoms with Crippen molar-refractivity contribution in [3.8, 4) is 0 Å². The van der Waals surface area contributed by atoms with Gasteiger partial charge in [-0.25, -0.2) is 4.79 Å². The molecule has 0 bridgehead atoms. The molecule has 0 N–H and O–H groups in total. The zero-order chi connectivity index (χ0) is 19.9. The Bertz CT molecular complexity index is 919. The number of hydrogen-bond donors (Lipinski definition) is 0. The molecule has 1 saturated heterocycles. The number of rotatable bonds is 2. The van der Waals surface area contributed by atoms with E-state index in [-0.39, 0.29) is 12.1 Å². The number of ether oxygens (including phenoxy) is 1. The minimum Gasteiger partial charge on any atom is -0.444 e. The van der Waals surface area contributed by atoms with E-state index in [0.29, 0.717) is 12.4 Å². The van der Waals surface area contributed by atoms with E-state index in [4.69, 9.17) is 9.84 Å². The fourth-order valence-electron chi connectivity index (χ4n) is 3.31. The van der Waals surface area contributed by atoms with Crippen LogP contribution in [0.2, 0.25) is 0 Å². The zero-order valence-corrected chi connectivity index (χ0v) is 18.5. The summed E-state index contributed by atoms with van der Waals surface area (Å²) in [6.45, 7) is 6.28. The first-order chi connectivity index (χ1) is 13.3. The molecule has 1 amide bonds. The quantitative estimate of drug-likeness (QED) is 0.656. The lowest BCUT2D eigenvalue weighted by Crippen LogP contribution is -2.37. The molecule has 28 heavy (non-hydrogen) atoms. The van der Waals surface area contributed by atoms with E-state index in [1.165, 1.54) is 0 Å². The molecule has 0 radical (unpaired) electrons. The lowest BCUT2D eigenvalue weighted by atomic mass is 10.1. The molecule has 1 fully saturated rings. The Morgan fingerprint density at radius 2 is 2.00 bits per heavy atom. The minimum atomic E-state index is -0.531. The fraction of sp³-hybridized carbons (Fsp3) is 0.474. The second-order valence-corrected chi connectivity index (χ2v) is 9.68. The van der Waals surface area contributed by atoms with E-state index < -0.39 is 5.60 Å². The molecule has 0 saturated carbocycles. The molecule has 2 aliphatic rings. The molecule has 4 rings (SSSR count). The number of carbonyl (C=O) groups is 1. The Kier molecular flexibility index (Phi) is 5.22. The number of fused-ring (bicyclic) bond motifs is 1. The van der Waals surface area contributed by atoms with Gasteiger partial charge in [0.1, 0.15) is 5.60 Å². The van der Waals surface area contributed by atoms with Gasteiger partial charge < -0.3 is 4.74 Å². The van der Waals surface area contributed by atoms with Gasteiger partial charge in [0.2, 0.25) is 5.16 Å². The van der Waals surface area contributed by atoms with Crippen LogP contribution in [0.3, 0.4) is 0 Å². The Hall–Kier alpha value is -1.87. The maximum absolute atomic E-state index is 12.7. The number of hydrogen-bond acceptors (Lipinski definition) is 6. The smallest absolute Gasteiger partial charge is 0.410 e. The first-order valence-electron chi connectivity index (χ1n) is 9.23.